The van der Waals surface area contributed by atoms with Crippen LogP contribution in [0.4, 0.5) is 0 Å². The van der Waals surface area contributed by atoms with Crippen LogP contribution in [-0.4, -0.2) is 70.1 Å². The summed E-state index contributed by atoms with van der Waals surface area (Å²) in [5.74, 6) is 0.627. The van der Waals surface area contributed by atoms with Crippen molar-refractivity contribution in [3.05, 3.63) is 0 Å². The summed E-state index contributed by atoms with van der Waals surface area (Å²) in [6.45, 7) is 7.83. The molecule has 2 saturated heterocycles. The number of rotatable bonds is 5. The van der Waals surface area contributed by atoms with Crippen molar-refractivity contribution in [3.8, 4) is 0 Å². The lowest BCUT2D eigenvalue weighted by molar-refractivity contribution is 0.143. The fraction of sp³-hybridized carbons (Fsp3) is 1.00. The van der Waals surface area contributed by atoms with E-state index in [9.17, 15) is 8.42 Å². The van der Waals surface area contributed by atoms with Gasteiger partial charge in [-0.25, -0.2) is 4.72 Å². The van der Waals surface area contributed by atoms with Crippen LogP contribution in [0.3, 0.4) is 0 Å². The topological polar surface area (TPSA) is 61.9 Å². The van der Waals surface area contributed by atoms with Gasteiger partial charge in [-0.05, 0) is 12.3 Å². The summed E-state index contributed by atoms with van der Waals surface area (Å²) in [6.07, 6.45) is 1.13. The minimum atomic E-state index is -3.25. The van der Waals surface area contributed by atoms with E-state index in [0.29, 0.717) is 25.6 Å². The third kappa shape index (κ3) is 3.64. The normalized spacial score (nSPS) is 27.7. The van der Waals surface area contributed by atoms with Gasteiger partial charge in [0.25, 0.3) is 10.2 Å². The fourth-order valence-electron chi connectivity index (χ4n) is 2.52. The van der Waals surface area contributed by atoms with E-state index in [2.05, 4.69) is 9.62 Å². The largest absolute Gasteiger partial charge is 0.381 e. The molecular weight excluding hydrogens is 254 g/mol. The van der Waals surface area contributed by atoms with Gasteiger partial charge in [0, 0.05) is 45.9 Å². The third-order valence-electron chi connectivity index (χ3n) is 3.54. The maximum Gasteiger partial charge on any atom is 0.279 e. The van der Waals surface area contributed by atoms with E-state index in [0.717, 1.165) is 39.3 Å². The van der Waals surface area contributed by atoms with Crippen molar-refractivity contribution in [2.45, 2.75) is 13.3 Å². The predicted octanol–water partition coefficient (Wildman–Crippen LogP) is -0.505. The van der Waals surface area contributed by atoms with E-state index in [4.69, 9.17) is 4.74 Å². The molecule has 0 amide bonds. The Labute approximate surface area is 109 Å². The zero-order valence-electron chi connectivity index (χ0n) is 11.0. The van der Waals surface area contributed by atoms with Crippen LogP contribution in [0.2, 0.25) is 0 Å². The van der Waals surface area contributed by atoms with Crippen molar-refractivity contribution in [1.29, 1.82) is 0 Å². The number of nitrogens with one attached hydrogen (secondary N) is 1. The standard InChI is InChI=1S/C11H23N3O3S/c1-2-12-18(15,16)14-6-4-13(5-7-14)9-11-3-8-17-10-11/h11-12H,2-10H2,1H3. The molecular formula is C11H23N3O3S. The van der Waals surface area contributed by atoms with E-state index >= 15 is 0 Å². The average Bonchev–Trinajstić information content (AvgIpc) is 2.82. The maximum absolute atomic E-state index is 11.8. The summed E-state index contributed by atoms with van der Waals surface area (Å²) in [4.78, 5) is 2.34. The van der Waals surface area contributed by atoms with Gasteiger partial charge < -0.3 is 9.64 Å². The summed E-state index contributed by atoms with van der Waals surface area (Å²) >= 11 is 0. The molecule has 0 radical (unpaired) electrons. The number of nitrogens with zero attached hydrogens (tertiary/aromatic N) is 2. The van der Waals surface area contributed by atoms with Crippen molar-refractivity contribution < 1.29 is 13.2 Å². The highest BCUT2D eigenvalue weighted by Gasteiger charge is 2.27. The zero-order chi connectivity index (χ0) is 13.0. The van der Waals surface area contributed by atoms with Gasteiger partial charge >= 0.3 is 0 Å². The Kier molecular flexibility index (Phi) is 4.97. The van der Waals surface area contributed by atoms with Gasteiger partial charge in [-0.3, -0.25) is 0 Å². The van der Waals surface area contributed by atoms with E-state index in [1.54, 1.807) is 6.92 Å². The molecule has 0 aromatic rings. The van der Waals surface area contributed by atoms with Crippen LogP contribution < -0.4 is 4.72 Å². The van der Waals surface area contributed by atoms with Gasteiger partial charge in [0.1, 0.15) is 0 Å². The van der Waals surface area contributed by atoms with Crippen molar-refractivity contribution in [1.82, 2.24) is 13.9 Å². The lowest BCUT2D eigenvalue weighted by Gasteiger charge is -2.34. The molecule has 2 rings (SSSR count). The number of hydrogen-bond acceptors (Lipinski definition) is 4. The van der Waals surface area contributed by atoms with Gasteiger partial charge in [0.05, 0.1) is 6.61 Å². The summed E-state index contributed by atoms with van der Waals surface area (Å²) in [5.41, 5.74) is 0. The van der Waals surface area contributed by atoms with Gasteiger partial charge in [0.2, 0.25) is 0 Å². The fourth-order valence-corrected chi connectivity index (χ4v) is 3.71. The lowest BCUT2D eigenvalue weighted by Crippen LogP contribution is -2.52. The molecule has 1 unspecified atom stereocenters. The second-order valence-electron chi connectivity index (χ2n) is 4.93. The molecule has 2 aliphatic heterocycles. The summed E-state index contributed by atoms with van der Waals surface area (Å²) in [7, 11) is -3.25. The molecule has 1 N–H and O–H groups in total. The monoisotopic (exact) mass is 277 g/mol. The van der Waals surface area contributed by atoms with Crippen LogP contribution in [0.15, 0.2) is 0 Å². The van der Waals surface area contributed by atoms with E-state index < -0.39 is 10.2 Å². The quantitative estimate of drug-likeness (QED) is 0.735. The molecule has 0 aromatic heterocycles. The smallest absolute Gasteiger partial charge is 0.279 e. The van der Waals surface area contributed by atoms with Gasteiger partial charge in [0.15, 0.2) is 0 Å². The molecule has 7 heteroatoms. The number of piperazine rings is 1. The Morgan fingerprint density at radius 2 is 2.00 bits per heavy atom. The number of ether oxygens (including phenoxy) is 1. The highest BCUT2D eigenvalue weighted by Crippen LogP contribution is 2.15. The second kappa shape index (κ2) is 6.29. The Balaban J connectivity index is 1.77. The van der Waals surface area contributed by atoms with Crippen LogP contribution in [-0.2, 0) is 14.9 Å². The SMILES string of the molecule is CCNS(=O)(=O)N1CCN(CC2CCOC2)CC1. The molecule has 1 atom stereocenters. The first-order chi connectivity index (χ1) is 8.62. The Morgan fingerprint density at radius 3 is 2.56 bits per heavy atom. The molecule has 106 valence electrons. The molecule has 6 nitrogen and oxygen atoms in total. The Hall–Kier alpha value is -0.210. The Morgan fingerprint density at radius 1 is 1.28 bits per heavy atom. The van der Waals surface area contributed by atoms with E-state index in [-0.39, 0.29) is 0 Å². The first kappa shape index (κ1) is 14.2. The first-order valence-electron chi connectivity index (χ1n) is 6.66. The van der Waals surface area contributed by atoms with Crippen LogP contribution in [0.25, 0.3) is 0 Å². The molecule has 18 heavy (non-hydrogen) atoms. The highest BCUT2D eigenvalue weighted by molar-refractivity contribution is 7.87. The van der Waals surface area contributed by atoms with Gasteiger partial charge in [-0.2, -0.15) is 12.7 Å². The minimum absolute atomic E-state index is 0.446. The molecule has 2 fully saturated rings. The molecule has 0 aliphatic carbocycles. The predicted molar refractivity (Wildman–Crippen MR) is 69.5 cm³/mol. The third-order valence-corrected chi connectivity index (χ3v) is 5.24. The van der Waals surface area contributed by atoms with Crippen molar-refractivity contribution in [2.24, 2.45) is 5.92 Å². The van der Waals surface area contributed by atoms with Gasteiger partial charge in [-0.1, -0.05) is 6.92 Å². The first-order valence-corrected chi connectivity index (χ1v) is 8.10. The molecule has 0 saturated carbocycles. The van der Waals surface area contributed by atoms with Crippen molar-refractivity contribution in [3.63, 3.8) is 0 Å². The summed E-state index contributed by atoms with van der Waals surface area (Å²) in [6, 6.07) is 0. The summed E-state index contributed by atoms with van der Waals surface area (Å²) in [5, 5.41) is 0. The lowest BCUT2D eigenvalue weighted by atomic mass is 10.1. The highest BCUT2D eigenvalue weighted by atomic mass is 32.2. The van der Waals surface area contributed by atoms with Gasteiger partial charge in [-0.15, -0.1) is 0 Å². The zero-order valence-corrected chi connectivity index (χ0v) is 11.8. The van der Waals surface area contributed by atoms with Crippen LogP contribution in [0, 0.1) is 5.92 Å². The second-order valence-corrected chi connectivity index (χ2v) is 6.69. The molecule has 0 spiro atoms. The minimum Gasteiger partial charge on any atom is -0.381 e. The molecule has 2 aliphatic rings. The maximum atomic E-state index is 11.8. The summed E-state index contributed by atoms with van der Waals surface area (Å²) < 4.78 is 33.1. The molecule has 0 aromatic carbocycles. The Bertz CT molecular complexity index is 347. The molecule has 2 heterocycles. The van der Waals surface area contributed by atoms with Crippen LogP contribution in [0.1, 0.15) is 13.3 Å². The van der Waals surface area contributed by atoms with Crippen LogP contribution in [0.5, 0.6) is 0 Å². The number of hydrogen-bond donors (Lipinski definition) is 1. The average molecular weight is 277 g/mol. The molecule has 0 bridgehead atoms. The van der Waals surface area contributed by atoms with Crippen LogP contribution >= 0.6 is 0 Å². The van der Waals surface area contributed by atoms with E-state index in [1.165, 1.54) is 4.31 Å². The van der Waals surface area contributed by atoms with Crippen molar-refractivity contribution >= 4 is 10.2 Å². The van der Waals surface area contributed by atoms with E-state index in [1.807, 2.05) is 0 Å². The van der Waals surface area contributed by atoms with Crippen molar-refractivity contribution in [2.75, 3.05) is 52.5 Å².